The Morgan fingerprint density at radius 3 is 2.80 bits per heavy atom. The molecule has 2 rings (SSSR count). The molecule has 1 aliphatic carbocycles. The molecule has 1 aromatic heterocycles. The van der Waals surface area contributed by atoms with Gasteiger partial charge in [-0.05, 0) is 30.9 Å². The van der Waals surface area contributed by atoms with Crippen molar-refractivity contribution in [3.05, 3.63) is 24.0 Å². The van der Waals surface area contributed by atoms with Crippen LogP contribution in [0.15, 0.2) is 18.3 Å². The first-order valence-corrected chi connectivity index (χ1v) is 4.10. The van der Waals surface area contributed by atoms with Crippen LogP contribution in [-0.4, -0.2) is 4.98 Å². The normalized spacial score (nSPS) is 20.0. The van der Waals surface area contributed by atoms with Crippen molar-refractivity contribution >= 4 is 0 Å². The lowest BCUT2D eigenvalue weighted by Crippen LogP contribution is -1.90. The Morgan fingerprint density at radius 2 is 2.20 bits per heavy atom. The van der Waals surface area contributed by atoms with E-state index in [0.717, 1.165) is 5.92 Å². The molecular weight excluding hydrogens is 122 g/mol. The number of rotatable bonds is 1. The zero-order chi connectivity index (χ0) is 6.81. The third-order valence-corrected chi connectivity index (χ3v) is 2.42. The van der Waals surface area contributed by atoms with E-state index in [1.165, 1.54) is 31.4 Å². The molecule has 0 aromatic carbocycles. The van der Waals surface area contributed by atoms with E-state index in [0.29, 0.717) is 0 Å². The van der Waals surface area contributed by atoms with E-state index in [4.69, 9.17) is 0 Å². The van der Waals surface area contributed by atoms with Crippen LogP contribution in [0.3, 0.4) is 0 Å². The van der Waals surface area contributed by atoms with Gasteiger partial charge in [-0.1, -0.05) is 12.8 Å². The van der Waals surface area contributed by atoms with Crippen LogP contribution in [0, 0.1) is 0 Å². The van der Waals surface area contributed by atoms with Crippen LogP contribution < -0.4 is 0 Å². The second-order valence-corrected chi connectivity index (χ2v) is 3.11. The van der Waals surface area contributed by atoms with Crippen molar-refractivity contribution in [2.45, 2.75) is 31.6 Å². The van der Waals surface area contributed by atoms with Gasteiger partial charge in [-0.2, -0.15) is 0 Å². The first kappa shape index (κ1) is 6.02. The van der Waals surface area contributed by atoms with Gasteiger partial charge in [-0.25, -0.2) is 0 Å². The second kappa shape index (κ2) is 2.49. The molecule has 1 heterocycles. The summed E-state index contributed by atoms with van der Waals surface area (Å²) in [5.74, 6) is 0.843. The minimum atomic E-state index is 0. The summed E-state index contributed by atoms with van der Waals surface area (Å²) < 4.78 is 0. The predicted octanol–water partition coefficient (Wildman–Crippen LogP) is 2.92. The highest BCUT2D eigenvalue weighted by Gasteiger charge is 2.16. The summed E-state index contributed by atoms with van der Waals surface area (Å²) in [5.41, 5.74) is 1.44. The Balaban J connectivity index is 0.000000605. The van der Waals surface area contributed by atoms with Gasteiger partial charge in [0.05, 0.1) is 0 Å². The fraction of sp³-hybridized carbons (Fsp3) is 0.556. The Kier molecular flexibility index (Phi) is 1.50. The molecular formula is C9H15N. The van der Waals surface area contributed by atoms with Crippen LogP contribution in [0.25, 0.3) is 0 Å². The Morgan fingerprint density at radius 1 is 1.40 bits per heavy atom. The summed E-state index contributed by atoms with van der Waals surface area (Å²) in [4.78, 5) is 3.28. The van der Waals surface area contributed by atoms with Crippen LogP contribution in [0.1, 0.15) is 38.7 Å². The molecule has 1 fully saturated rings. The Hall–Kier alpha value is -0.720. The molecule has 1 heteroatoms. The summed E-state index contributed by atoms with van der Waals surface area (Å²) in [6.07, 6.45) is 7.64. The average molecular weight is 137 g/mol. The molecule has 1 saturated carbocycles. The van der Waals surface area contributed by atoms with Crippen molar-refractivity contribution in [2.75, 3.05) is 0 Å². The molecule has 0 amide bonds. The van der Waals surface area contributed by atoms with Gasteiger partial charge in [0, 0.05) is 13.3 Å². The first-order chi connectivity index (χ1) is 4.97. The van der Waals surface area contributed by atoms with Gasteiger partial charge in [0.25, 0.3) is 0 Å². The quantitative estimate of drug-likeness (QED) is 0.612. The van der Waals surface area contributed by atoms with Crippen molar-refractivity contribution in [3.8, 4) is 0 Å². The highest BCUT2D eigenvalue weighted by Crippen LogP contribution is 2.32. The molecule has 1 nitrogen and oxygen atoms in total. The van der Waals surface area contributed by atoms with E-state index in [9.17, 15) is 0 Å². The van der Waals surface area contributed by atoms with Gasteiger partial charge in [0.2, 0.25) is 0 Å². The lowest BCUT2D eigenvalue weighted by Gasteiger charge is -2.03. The van der Waals surface area contributed by atoms with Crippen LogP contribution in [-0.2, 0) is 0 Å². The number of hydrogen-bond acceptors (Lipinski definition) is 0. The fourth-order valence-corrected chi connectivity index (χ4v) is 1.83. The van der Waals surface area contributed by atoms with Crippen LogP contribution in [0.5, 0.6) is 0 Å². The zero-order valence-electron chi connectivity index (χ0n) is 6.14. The van der Waals surface area contributed by atoms with Gasteiger partial charge in [-0.3, -0.25) is 0 Å². The molecule has 0 bridgehead atoms. The molecule has 56 valence electrons. The molecule has 10 heavy (non-hydrogen) atoms. The van der Waals surface area contributed by atoms with E-state index in [-0.39, 0.29) is 1.43 Å². The van der Waals surface area contributed by atoms with E-state index in [1.807, 2.05) is 6.20 Å². The molecule has 0 atom stereocenters. The maximum atomic E-state index is 3.28. The summed E-state index contributed by atoms with van der Waals surface area (Å²) in [7, 11) is 0. The monoisotopic (exact) mass is 137 g/mol. The lowest BCUT2D eigenvalue weighted by molar-refractivity contribution is 0.703. The number of H-pyrrole nitrogens is 1. The number of nitrogens with one attached hydrogen (secondary N) is 1. The van der Waals surface area contributed by atoms with E-state index >= 15 is 0 Å². The average Bonchev–Trinajstić information content (AvgIpc) is 2.59. The van der Waals surface area contributed by atoms with Gasteiger partial charge in [-0.15, -0.1) is 0 Å². The number of hydrogen-bond donors (Lipinski definition) is 1. The smallest absolute Gasteiger partial charge is 0.0178 e. The van der Waals surface area contributed by atoms with Gasteiger partial charge < -0.3 is 4.98 Å². The van der Waals surface area contributed by atoms with Crippen molar-refractivity contribution < 1.29 is 1.43 Å². The molecule has 0 unspecified atom stereocenters. The molecule has 0 spiro atoms. The maximum absolute atomic E-state index is 3.28. The minimum absolute atomic E-state index is 0. The highest BCUT2D eigenvalue weighted by atomic mass is 14.7. The fourth-order valence-electron chi connectivity index (χ4n) is 1.83. The third-order valence-electron chi connectivity index (χ3n) is 2.42. The van der Waals surface area contributed by atoms with Crippen LogP contribution in [0.2, 0.25) is 0 Å². The van der Waals surface area contributed by atoms with Crippen molar-refractivity contribution in [2.24, 2.45) is 0 Å². The number of aromatic amines is 1. The molecule has 1 aliphatic rings. The summed E-state index contributed by atoms with van der Waals surface area (Å²) in [5, 5.41) is 0. The lowest BCUT2D eigenvalue weighted by atomic mass is 10.1. The molecule has 1 aromatic rings. The Bertz CT molecular complexity index is 187. The van der Waals surface area contributed by atoms with Gasteiger partial charge in [0.15, 0.2) is 0 Å². The second-order valence-electron chi connectivity index (χ2n) is 3.11. The van der Waals surface area contributed by atoms with Gasteiger partial charge >= 0.3 is 0 Å². The zero-order valence-corrected chi connectivity index (χ0v) is 6.14. The van der Waals surface area contributed by atoms with E-state index in [2.05, 4.69) is 17.1 Å². The van der Waals surface area contributed by atoms with Crippen molar-refractivity contribution in [1.82, 2.24) is 4.98 Å². The molecule has 0 aliphatic heterocycles. The molecule has 1 N–H and O–H groups in total. The van der Waals surface area contributed by atoms with E-state index in [1.54, 1.807) is 0 Å². The minimum Gasteiger partial charge on any atom is -0.365 e. The van der Waals surface area contributed by atoms with Gasteiger partial charge in [0.1, 0.15) is 0 Å². The summed E-state index contributed by atoms with van der Waals surface area (Å²) >= 11 is 0. The number of aromatic nitrogens is 1. The molecule has 0 saturated heterocycles. The van der Waals surface area contributed by atoms with E-state index < -0.39 is 0 Å². The molecule has 0 radical (unpaired) electrons. The van der Waals surface area contributed by atoms with Crippen LogP contribution in [0.4, 0.5) is 0 Å². The first-order valence-electron chi connectivity index (χ1n) is 4.10. The third kappa shape index (κ3) is 0.962. The SMILES string of the molecule is [HH].c1c[nH]c(C2CCCC2)c1. The summed E-state index contributed by atoms with van der Waals surface area (Å²) in [6, 6.07) is 4.30. The highest BCUT2D eigenvalue weighted by molar-refractivity contribution is 5.10. The van der Waals surface area contributed by atoms with Crippen LogP contribution >= 0.6 is 0 Å². The Labute approximate surface area is 62.9 Å². The van der Waals surface area contributed by atoms with Crippen molar-refractivity contribution in [1.29, 1.82) is 0 Å². The maximum Gasteiger partial charge on any atom is 0.0178 e. The summed E-state index contributed by atoms with van der Waals surface area (Å²) in [6.45, 7) is 0. The topological polar surface area (TPSA) is 15.8 Å². The largest absolute Gasteiger partial charge is 0.365 e. The van der Waals surface area contributed by atoms with Crippen molar-refractivity contribution in [3.63, 3.8) is 0 Å². The standard InChI is InChI=1S/C9H13N.H2/c1-2-5-8(4-1)9-6-3-7-10-9;/h3,6-8,10H,1-2,4-5H2;1H. The predicted molar refractivity (Wildman–Crippen MR) is 44.1 cm³/mol.